The van der Waals surface area contributed by atoms with Crippen LogP contribution in [0.5, 0.6) is 0 Å². The third-order valence-corrected chi connectivity index (χ3v) is 6.27. The Balaban J connectivity index is 1.98. The minimum absolute atomic E-state index is 0.0758. The quantitative estimate of drug-likeness (QED) is 0.752. The summed E-state index contributed by atoms with van der Waals surface area (Å²) in [6.45, 7) is 16.2. The first kappa shape index (κ1) is 17.0. The molecule has 0 bridgehead atoms. The molecule has 1 saturated carbocycles. The number of hydrogen-bond acceptors (Lipinski definition) is 2. The van der Waals surface area contributed by atoms with Gasteiger partial charge < -0.3 is 0 Å². The van der Waals surface area contributed by atoms with Gasteiger partial charge in [0.2, 0.25) is 0 Å². The molecule has 0 unspecified atom stereocenters. The summed E-state index contributed by atoms with van der Waals surface area (Å²) in [5, 5.41) is 2.30. The van der Waals surface area contributed by atoms with Crippen LogP contribution in [0.15, 0.2) is 24.3 Å². The van der Waals surface area contributed by atoms with Gasteiger partial charge in [-0.15, -0.1) is 0 Å². The number of nitrogens with zero attached hydrogens (tertiary/aromatic N) is 1. The molecule has 0 amide bonds. The highest BCUT2D eigenvalue weighted by molar-refractivity contribution is 5.34. The molecule has 3 rings (SSSR count). The molecule has 2 aliphatic rings. The molecular formula is C21H33NO. The van der Waals surface area contributed by atoms with E-state index < -0.39 is 0 Å². The van der Waals surface area contributed by atoms with Gasteiger partial charge in [-0.05, 0) is 69.9 Å². The monoisotopic (exact) mass is 315 g/mol. The Morgan fingerprint density at radius 2 is 1.78 bits per heavy atom. The van der Waals surface area contributed by atoms with Crippen molar-refractivity contribution in [2.75, 3.05) is 0 Å². The highest BCUT2D eigenvalue weighted by atomic mass is 16.7. The van der Waals surface area contributed by atoms with Gasteiger partial charge in [-0.2, -0.15) is 5.06 Å². The molecule has 1 aliphatic heterocycles. The highest BCUT2D eigenvalue weighted by Gasteiger charge is 2.57. The summed E-state index contributed by atoms with van der Waals surface area (Å²) in [5.41, 5.74) is 3.13. The minimum Gasteiger partial charge on any atom is -0.292 e. The van der Waals surface area contributed by atoms with Crippen molar-refractivity contribution in [3.05, 3.63) is 35.4 Å². The van der Waals surface area contributed by atoms with Crippen LogP contribution >= 0.6 is 0 Å². The Morgan fingerprint density at radius 3 is 2.39 bits per heavy atom. The SMILES string of the molecule is Cc1ccccc1[C@@]1(C)C[C@@H]2[C@@H]([C@@H](C)C1)N(C(C)C)OC2(C)C. The summed E-state index contributed by atoms with van der Waals surface area (Å²) in [6.07, 6.45) is 2.45. The Kier molecular flexibility index (Phi) is 4.13. The van der Waals surface area contributed by atoms with Gasteiger partial charge in [-0.1, -0.05) is 38.1 Å². The molecule has 0 aromatic heterocycles. The molecule has 23 heavy (non-hydrogen) atoms. The fourth-order valence-electron chi connectivity index (χ4n) is 5.32. The van der Waals surface area contributed by atoms with E-state index in [1.165, 1.54) is 24.0 Å². The molecule has 4 atom stereocenters. The molecule has 2 fully saturated rings. The molecule has 0 N–H and O–H groups in total. The maximum atomic E-state index is 6.42. The zero-order valence-corrected chi connectivity index (χ0v) is 15.9. The van der Waals surface area contributed by atoms with Gasteiger partial charge >= 0.3 is 0 Å². The molecule has 1 aliphatic carbocycles. The van der Waals surface area contributed by atoms with Crippen LogP contribution in [0.2, 0.25) is 0 Å². The van der Waals surface area contributed by atoms with Crippen LogP contribution in [0.1, 0.15) is 65.5 Å². The number of benzene rings is 1. The summed E-state index contributed by atoms with van der Waals surface area (Å²) in [4.78, 5) is 6.42. The van der Waals surface area contributed by atoms with Gasteiger partial charge in [0, 0.05) is 18.0 Å². The van der Waals surface area contributed by atoms with Crippen LogP contribution in [0.3, 0.4) is 0 Å². The molecular weight excluding hydrogens is 282 g/mol. The topological polar surface area (TPSA) is 12.5 Å². The van der Waals surface area contributed by atoms with Gasteiger partial charge in [-0.3, -0.25) is 4.84 Å². The number of rotatable bonds is 2. The van der Waals surface area contributed by atoms with E-state index in [-0.39, 0.29) is 11.0 Å². The van der Waals surface area contributed by atoms with E-state index in [0.717, 1.165) is 0 Å². The van der Waals surface area contributed by atoms with E-state index in [4.69, 9.17) is 4.84 Å². The maximum Gasteiger partial charge on any atom is 0.0888 e. The highest BCUT2D eigenvalue weighted by Crippen LogP contribution is 2.54. The third kappa shape index (κ3) is 2.74. The molecule has 2 nitrogen and oxygen atoms in total. The smallest absolute Gasteiger partial charge is 0.0888 e. The van der Waals surface area contributed by atoms with Crippen molar-refractivity contribution < 1.29 is 4.84 Å². The van der Waals surface area contributed by atoms with Gasteiger partial charge in [0.25, 0.3) is 0 Å². The summed E-state index contributed by atoms with van der Waals surface area (Å²) < 4.78 is 0. The average Bonchev–Trinajstić information content (AvgIpc) is 2.71. The number of fused-ring (bicyclic) bond motifs is 1. The molecule has 0 radical (unpaired) electrons. The van der Waals surface area contributed by atoms with Crippen LogP contribution in [-0.2, 0) is 10.3 Å². The lowest BCUT2D eigenvalue weighted by molar-refractivity contribution is -0.215. The molecule has 1 heterocycles. The lowest BCUT2D eigenvalue weighted by atomic mass is 9.58. The second-order valence-electron chi connectivity index (χ2n) is 9.01. The van der Waals surface area contributed by atoms with Gasteiger partial charge in [-0.25, -0.2) is 0 Å². The van der Waals surface area contributed by atoms with E-state index in [2.05, 4.69) is 77.8 Å². The minimum atomic E-state index is -0.0758. The van der Waals surface area contributed by atoms with Crippen LogP contribution < -0.4 is 0 Å². The molecule has 128 valence electrons. The van der Waals surface area contributed by atoms with Crippen molar-refractivity contribution >= 4 is 0 Å². The van der Waals surface area contributed by atoms with Crippen LogP contribution in [-0.4, -0.2) is 22.7 Å². The standard InChI is InChI=1S/C21H33NO/c1-14(2)22-19-16(4)12-21(7,13-18(19)20(5,6)23-22)17-11-9-8-10-15(17)3/h8-11,14,16,18-19H,12-13H2,1-7H3/t16-,18+,19+,21+/m0/s1. The van der Waals surface area contributed by atoms with Crippen LogP contribution in [0.4, 0.5) is 0 Å². The summed E-state index contributed by atoms with van der Waals surface area (Å²) in [7, 11) is 0. The van der Waals surface area contributed by atoms with Gasteiger partial charge in [0.05, 0.1) is 5.60 Å². The summed E-state index contributed by atoms with van der Waals surface area (Å²) >= 11 is 0. The normalized spacial score (nSPS) is 37.1. The first-order valence-electron chi connectivity index (χ1n) is 9.19. The average molecular weight is 316 g/mol. The Labute approximate surface area is 142 Å². The van der Waals surface area contributed by atoms with Crippen molar-refractivity contribution in [2.45, 2.75) is 84.4 Å². The Morgan fingerprint density at radius 1 is 1.13 bits per heavy atom. The molecule has 0 spiro atoms. The van der Waals surface area contributed by atoms with Crippen molar-refractivity contribution in [1.82, 2.24) is 5.06 Å². The first-order valence-corrected chi connectivity index (χ1v) is 9.19. The second kappa shape index (κ2) is 5.60. The Bertz CT molecular complexity index is 579. The van der Waals surface area contributed by atoms with Gasteiger partial charge in [0.1, 0.15) is 0 Å². The lowest BCUT2D eigenvalue weighted by Gasteiger charge is -2.47. The van der Waals surface area contributed by atoms with Crippen molar-refractivity contribution in [2.24, 2.45) is 11.8 Å². The summed E-state index contributed by atoms with van der Waals surface area (Å²) in [6, 6.07) is 9.93. The van der Waals surface area contributed by atoms with E-state index in [0.29, 0.717) is 23.9 Å². The third-order valence-electron chi connectivity index (χ3n) is 6.27. The zero-order valence-electron chi connectivity index (χ0n) is 15.9. The van der Waals surface area contributed by atoms with E-state index in [1.807, 2.05) is 0 Å². The fourth-order valence-corrected chi connectivity index (χ4v) is 5.32. The lowest BCUT2D eigenvalue weighted by Crippen LogP contribution is -2.50. The predicted octanol–water partition coefficient (Wildman–Crippen LogP) is 5.10. The molecule has 1 saturated heterocycles. The molecule has 1 aromatic rings. The molecule has 2 heteroatoms. The fraction of sp³-hybridized carbons (Fsp3) is 0.714. The summed E-state index contributed by atoms with van der Waals surface area (Å²) in [5.74, 6) is 1.22. The van der Waals surface area contributed by atoms with Crippen molar-refractivity contribution in [3.8, 4) is 0 Å². The zero-order chi connectivity index (χ0) is 17.0. The first-order chi connectivity index (χ1) is 10.7. The van der Waals surface area contributed by atoms with E-state index in [9.17, 15) is 0 Å². The van der Waals surface area contributed by atoms with Gasteiger partial charge in [0.15, 0.2) is 0 Å². The predicted molar refractivity (Wildman–Crippen MR) is 96.3 cm³/mol. The largest absolute Gasteiger partial charge is 0.292 e. The number of hydrogen-bond donors (Lipinski definition) is 0. The maximum absolute atomic E-state index is 6.42. The Hall–Kier alpha value is -0.860. The van der Waals surface area contributed by atoms with Crippen molar-refractivity contribution in [1.29, 1.82) is 0 Å². The molecule has 1 aromatic carbocycles. The number of hydroxylamine groups is 2. The second-order valence-corrected chi connectivity index (χ2v) is 9.01. The van der Waals surface area contributed by atoms with Crippen LogP contribution in [0, 0.1) is 18.8 Å². The van der Waals surface area contributed by atoms with Crippen LogP contribution in [0.25, 0.3) is 0 Å². The number of aryl methyl sites for hydroxylation is 1. The van der Waals surface area contributed by atoms with E-state index in [1.54, 1.807) is 0 Å². The van der Waals surface area contributed by atoms with Crippen molar-refractivity contribution in [3.63, 3.8) is 0 Å². The van der Waals surface area contributed by atoms with E-state index >= 15 is 0 Å².